The van der Waals surface area contributed by atoms with Gasteiger partial charge in [0.25, 0.3) is 0 Å². The minimum absolute atomic E-state index is 0.114. The molecule has 1 heterocycles. The van der Waals surface area contributed by atoms with E-state index in [2.05, 4.69) is 6.92 Å². The van der Waals surface area contributed by atoms with Crippen LogP contribution in [0.25, 0.3) is 0 Å². The normalized spacial score (nSPS) is 22.2. The Morgan fingerprint density at radius 2 is 2.18 bits per heavy atom. The first-order valence-electron chi connectivity index (χ1n) is 6.14. The molecule has 0 aliphatic carbocycles. The summed E-state index contributed by atoms with van der Waals surface area (Å²) in [5.41, 5.74) is 1.56. The van der Waals surface area contributed by atoms with E-state index in [4.69, 9.17) is 9.47 Å². The van der Waals surface area contributed by atoms with Gasteiger partial charge in [-0.2, -0.15) is 0 Å². The van der Waals surface area contributed by atoms with Gasteiger partial charge in [0.15, 0.2) is 0 Å². The summed E-state index contributed by atoms with van der Waals surface area (Å²) >= 11 is 0. The van der Waals surface area contributed by atoms with Crippen LogP contribution < -0.4 is 0 Å². The SMILES string of the molecule is CCCC[C@H]1O[C@H]1OC(=O)c1ccccc1C. The predicted octanol–water partition coefficient (Wildman–Crippen LogP) is 3.07. The van der Waals surface area contributed by atoms with Gasteiger partial charge < -0.3 is 9.47 Å². The van der Waals surface area contributed by atoms with Crippen molar-refractivity contribution in [3.05, 3.63) is 35.4 Å². The second-order valence-electron chi connectivity index (χ2n) is 4.41. The first-order valence-corrected chi connectivity index (χ1v) is 6.14. The van der Waals surface area contributed by atoms with Crippen LogP contribution in [0.2, 0.25) is 0 Å². The molecule has 0 amide bonds. The van der Waals surface area contributed by atoms with Crippen molar-refractivity contribution in [3.8, 4) is 0 Å². The van der Waals surface area contributed by atoms with Crippen LogP contribution in [0.4, 0.5) is 0 Å². The number of rotatable bonds is 5. The molecule has 0 unspecified atom stereocenters. The van der Waals surface area contributed by atoms with Crippen LogP contribution in [0.3, 0.4) is 0 Å². The van der Waals surface area contributed by atoms with Crippen molar-refractivity contribution >= 4 is 5.97 Å². The second-order valence-corrected chi connectivity index (χ2v) is 4.41. The van der Waals surface area contributed by atoms with Gasteiger partial charge >= 0.3 is 5.97 Å². The Morgan fingerprint density at radius 3 is 2.88 bits per heavy atom. The molecule has 2 atom stereocenters. The molecule has 0 aromatic heterocycles. The Kier molecular flexibility index (Phi) is 3.79. The number of epoxide rings is 1. The highest BCUT2D eigenvalue weighted by atomic mass is 16.8. The molecular formula is C14H18O3. The molecule has 1 aromatic carbocycles. The van der Waals surface area contributed by atoms with E-state index in [1.165, 1.54) is 0 Å². The smallest absolute Gasteiger partial charge is 0.340 e. The summed E-state index contributed by atoms with van der Waals surface area (Å²) in [6, 6.07) is 7.43. The van der Waals surface area contributed by atoms with E-state index in [-0.39, 0.29) is 18.4 Å². The minimum atomic E-state index is -0.325. The molecule has 1 aliphatic rings. The number of esters is 1. The molecule has 2 rings (SSSR count). The van der Waals surface area contributed by atoms with E-state index in [0.29, 0.717) is 5.56 Å². The van der Waals surface area contributed by atoms with Crippen LogP contribution in [0.1, 0.15) is 42.1 Å². The Bertz CT molecular complexity index is 400. The summed E-state index contributed by atoms with van der Waals surface area (Å²) in [5.74, 6) is -0.285. The molecule has 3 heteroatoms. The highest BCUT2D eigenvalue weighted by Crippen LogP contribution is 2.29. The standard InChI is InChI=1S/C14H18O3/c1-3-4-9-12-14(16-12)17-13(15)11-8-6-5-7-10(11)2/h5-8,12,14H,3-4,9H2,1-2H3/t12-,14+/m1/s1. The maximum Gasteiger partial charge on any atom is 0.340 e. The van der Waals surface area contributed by atoms with Crippen molar-refractivity contribution < 1.29 is 14.3 Å². The number of hydrogen-bond donors (Lipinski definition) is 0. The van der Waals surface area contributed by atoms with Gasteiger partial charge in [0.1, 0.15) is 6.10 Å². The zero-order valence-electron chi connectivity index (χ0n) is 10.3. The zero-order valence-corrected chi connectivity index (χ0v) is 10.3. The van der Waals surface area contributed by atoms with E-state index in [9.17, 15) is 4.79 Å². The summed E-state index contributed by atoms with van der Waals surface area (Å²) in [5, 5.41) is 0. The van der Waals surface area contributed by atoms with Gasteiger partial charge in [0, 0.05) is 0 Å². The fourth-order valence-corrected chi connectivity index (χ4v) is 1.81. The summed E-state index contributed by atoms with van der Waals surface area (Å²) in [7, 11) is 0. The highest BCUT2D eigenvalue weighted by molar-refractivity contribution is 5.91. The maximum atomic E-state index is 11.8. The maximum absolute atomic E-state index is 11.8. The van der Waals surface area contributed by atoms with Crippen LogP contribution in [-0.2, 0) is 9.47 Å². The van der Waals surface area contributed by atoms with Gasteiger partial charge in [-0.1, -0.05) is 38.0 Å². The van der Waals surface area contributed by atoms with E-state index in [1.54, 1.807) is 6.07 Å². The molecule has 17 heavy (non-hydrogen) atoms. The van der Waals surface area contributed by atoms with Crippen molar-refractivity contribution in [1.82, 2.24) is 0 Å². The van der Waals surface area contributed by atoms with Gasteiger partial charge in [-0.05, 0) is 25.0 Å². The zero-order chi connectivity index (χ0) is 12.3. The molecular weight excluding hydrogens is 216 g/mol. The Labute approximate surface area is 102 Å². The van der Waals surface area contributed by atoms with Crippen molar-refractivity contribution in [1.29, 1.82) is 0 Å². The third kappa shape index (κ3) is 3.07. The van der Waals surface area contributed by atoms with E-state index in [1.807, 2.05) is 25.1 Å². The molecule has 1 aromatic rings. The molecule has 0 bridgehead atoms. The van der Waals surface area contributed by atoms with Gasteiger partial charge in [-0.3, -0.25) is 0 Å². The molecule has 0 spiro atoms. The molecule has 0 N–H and O–H groups in total. The van der Waals surface area contributed by atoms with Gasteiger partial charge in [-0.25, -0.2) is 4.79 Å². The number of carbonyl (C=O) groups is 1. The number of carbonyl (C=O) groups excluding carboxylic acids is 1. The predicted molar refractivity (Wildman–Crippen MR) is 64.8 cm³/mol. The fraction of sp³-hybridized carbons (Fsp3) is 0.500. The third-order valence-electron chi connectivity index (χ3n) is 2.97. The van der Waals surface area contributed by atoms with Crippen LogP contribution >= 0.6 is 0 Å². The molecule has 1 saturated heterocycles. The number of ether oxygens (including phenoxy) is 2. The van der Waals surface area contributed by atoms with Crippen molar-refractivity contribution in [3.63, 3.8) is 0 Å². The number of unbranched alkanes of at least 4 members (excludes halogenated alkanes) is 1. The third-order valence-corrected chi connectivity index (χ3v) is 2.97. The fourth-order valence-electron chi connectivity index (χ4n) is 1.81. The first-order chi connectivity index (χ1) is 8.22. The van der Waals surface area contributed by atoms with Crippen LogP contribution in [-0.4, -0.2) is 18.4 Å². The second kappa shape index (κ2) is 5.32. The van der Waals surface area contributed by atoms with Crippen LogP contribution in [0.5, 0.6) is 0 Å². The highest BCUT2D eigenvalue weighted by Gasteiger charge is 2.42. The number of aryl methyl sites for hydroxylation is 1. The molecule has 0 radical (unpaired) electrons. The average molecular weight is 234 g/mol. The largest absolute Gasteiger partial charge is 0.429 e. The summed E-state index contributed by atoms with van der Waals surface area (Å²) in [6.45, 7) is 4.04. The summed E-state index contributed by atoms with van der Waals surface area (Å²) in [4.78, 5) is 11.8. The van der Waals surface area contributed by atoms with E-state index in [0.717, 1.165) is 24.8 Å². The number of benzene rings is 1. The topological polar surface area (TPSA) is 38.8 Å². The number of hydrogen-bond acceptors (Lipinski definition) is 3. The summed E-state index contributed by atoms with van der Waals surface area (Å²) in [6.07, 6.45) is 3.01. The first kappa shape index (κ1) is 12.1. The van der Waals surface area contributed by atoms with Crippen molar-refractivity contribution in [2.45, 2.75) is 45.5 Å². The van der Waals surface area contributed by atoms with Crippen molar-refractivity contribution in [2.75, 3.05) is 0 Å². The Balaban J connectivity index is 1.85. The molecule has 3 nitrogen and oxygen atoms in total. The minimum Gasteiger partial charge on any atom is -0.429 e. The Morgan fingerprint density at radius 1 is 1.41 bits per heavy atom. The van der Waals surface area contributed by atoms with E-state index < -0.39 is 0 Å². The Hall–Kier alpha value is -1.35. The lowest BCUT2D eigenvalue weighted by Crippen LogP contribution is -2.11. The van der Waals surface area contributed by atoms with Crippen LogP contribution in [0, 0.1) is 6.92 Å². The van der Waals surface area contributed by atoms with Crippen LogP contribution in [0.15, 0.2) is 24.3 Å². The van der Waals surface area contributed by atoms with Gasteiger partial charge in [-0.15, -0.1) is 0 Å². The lowest BCUT2D eigenvalue weighted by atomic mass is 10.1. The average Bonchev–Trinajstić information content (AvgIpc) is 3.05. The molecule has 0 saturated carbocycles. The van der Waals surface area contributed by atoms with Gasteiger partial charge in [0.05, 0.1) is 5.56 Å². The monoisotopic (exact) mass is 234 g/mol. The van der Waals surface area contributed by atoms with E-state index >= 15 is 0 Å². The van der Waals surface area contributed by atoms with Gasteiger partial charge in [0.2, 0.25) is 6.29 Å². The quantitative estimate of drug-likeness (QED) is 0.580. The summed E-state index contributed by atoms with van der Waals surface area (Å²) < 4.78 is 10.6. The molecule has 92 valence electrons. The lowest BCUT2D eigenvalue weighted by Gasteiger charge is -2.04. The molecule has 1 fully saturated rings. The van der Waals surface area contributed by atoms with Crippen molar-refractivity contribution in [2.24, 2.45) is 0 Å². The molecule has 1 aliphatic heterocycles. The lowest BCUT2D eigenvalue weighted by molar-refractivity contribution is 0.0296.